The Morgan fingerprint density at radius 2 is 0.739 bits per heavy atom. The molecule has 4 heteroatoms. The van der Waals surface area contributed by atoms with Gasteiger partial charge in [0.1, 0.15) is 0 Å². The largest absolute Gasteiger partial charge is 0.254 e. The van der Waals surface area contributed by atoms with Gasteiger partial charge >= 0.3 is 0 Å². The van der Waals surface area contributed by atoms with Crippen molar-refractivity contribution < 1.29 is 0 Å². The molecule has 0 fully saturated rings. The second-order valence-corrected chi connectivity index (χ2v) is 11.8. The Kier molecular flexibility index (Phi) is 5.25. The first-order valence-electron chi connectivity index (χ1n) is 15.5. The van der Waals surface area contributed by atoms with Gasteiger partial charge in [0.05, 0.1) is 33.1 Å². The van der Waals surface area contributed by atoms with Crippen molar-refractivity contribution in [3.63, 3.8) is 0 Å². The van der Waals surface area contributed by atoms with Crippen molar-refractivity contribution in [3.05, 3.63) is 146 Å². The number of hydrogen-bond acceptors (Lipinski definition) is 4. The zero-order chi connectivity index (χ0) is 30.2. The van der Waals surface area contributed by atoms with Crippen LogP contribution in [0.5, 0.6) is 0 Å². The highest BCUT2D eigenvalue weighted by Crippen LogP contribution is 2.45. The van der Waals surface area contributed by atoms with Crippen LogP contribution in [0.2, 0.25) is 0 Å². The fourth-order valence-electron chi connectivity index (χ4n) is 7.30. The molecule has 0 aliphatic rings. The third-order valence-electron chi connectivity index (χ3n) is 9.31. The molecule has 212 valence electrons. The number of fused-ring (bicyclic) bond motifs is 9. The summed E-state index contributed by atoms with van der Waals surface area (Å²) >= 11 is 0. The standard InChI is InChI=1S/C42H24N4/c1-2-12-28-27(11-1)29(37-31-13-3-5-15-35(31)45-41-33(37)19-17-25-9-7-23-43-39(25)41)21-22-30(28)38-32-14-4-6-16-36(32)46-42-34(38)20-18-26-10-8-24-44-40(26)42/h1-24H. The van der Waals surface area contributed by atoms with Crippen molar-refractivity contribution in [2.75, 3.05) is 0 Å². The summed E-state index contributed by atoms with van der Waals surface area (Å²) in [4.78, 5) is 19.9. The van der Waals surface area contributed by atoms with Crippen molar-refractivity contribution in [2.24, 2.45) is 0 Å². The van der Waals surface area contributed by atoms with Crippen molar-refractivity contribution in [2.45, 2.75) is 0 Å². The summed E-state index contributed by atoms with van der Waals surface area (Å²) in [6, 6.07) is 47.1. The number of hydrogen-bond donors (Lipinski definition) is 0. The number of rotatable bonds is 2. The van der Waals surface area contributed by atoms with Gasteiger partial charge in [0.15, 0.2) is 0 Å². The monoisotopic (exact) mass is 584 g/mol. The molecule has 0 amide bonds. The molecule has 0 saturated carbocycles. The topological polar surface area (TPSA) is 51.6 Å². The number of nitrogens with zero attached hydrogens (tertiary/aromatic N) is 4. The summed E-state index contributed by atoms with van der Waals surface area (Å²) in [6.45, 7) is 0. The van der Waals surface area contributed by atoms with E-state index in [0.717, 1.165) is 65.4 Å². The minimum atomic E-state index is 0.920. The molecule has 4 aromatic heterocycles. The average Bonchev–Trinajstić information content (AvgIpc) is 3.12. The van der Waals surface area contributed by atoms with E-state index in [0.29, 0.717) is 0 Å². The molecule has 0 aliphatic carbocycles. The Morgan fingerprint density at radius 1 is 0.304 bits per heavy atom. The maximum absolute atomic E-state index is 5.16. The number of para-hydroxylation sites is 2. The normalized spacial score (nSPS) is 11.9. The summed E-state index contributed by atoms with van der Waals surface area (Å²) in [5, 5.41) is 8.99. The summed E-state index contributed by atoms with van der Waals surface area (Å²) in [7, 11) is 0. The van der Waals surface area contributed by atoms with E-state index in [1.165, 1.54) is 33.0 Å². The van der Waals surface area contributed by atoms with E-state index in [1.54, 1.807) is 0 Å². The Balaban J connectivity index is 1.34. The molecule has 0 atom stereocenters. The van der Waals surface area contributed by atoms with Crippen LogP contribution in [0.4, 0.5) is 0 Å². The van der Waals surface area contributed by atoms with Crippen LogP contribution in [0.15, 0.2) is 146 Å². The second-order valence-electron chi connectivity index (χ2n) is 11.8. The van der Waals surface area contributed by atoms with Crippen LogP contribution in [0.25, 0.3) is 98.4 Å². The predicted molar refractivity (Wildman–Crippen MR) is 191 cm³/mol. The Morgan fingerprint density at radius 3 is 1.22 bits per heavy atom. The van der Waals surface area contributed by atoms with Crippen LogP contribution in [0, 0.1) is 0 Å². The first kappa shape index (κ1) is 25.1. The lowest BCUT2D eigenvalue weighted by Crippen LogP contribution is -1.94. The third kappa shape index (κ3) is 3.55. The van der Waals surface area contributed by atoms with Gasteiger partial charge in [0, 0.05) is 55.8 Å². The van der Waals surface area contributed by atoms with E-state index in [9.17, 15) is 0 Å². The van der Waals surface area contributed by atoms with Crippen molar-refractivity contribution in [1.29, 1.82) is 0 Å². The highest BCUT2D eigenvalue weighted by molar-refractivity contribution is 6.23. The molecule has 4 nitrogen and oxygen atoms in total. The first-order valence-corrected chi connectivity index (χ1v) is 15.5. The molecule has 10 aromatic rings. The van der Waals surface area contributed by atoms with Crippen LogP contribution < -0.4 is 0 Å². The highest BCUT2D eigenvalue weighted by Gasteiger charge is 2.20. The molecule has 0 unspecified atom stereocenters. The maximum Gasteiger partial charge on any atom is 0.0978 e. The van der Waals surface area contributed by atoms with Gasteiger partial charge in [0.2, 0.25) is 0 Å². The lowest BCUT2D eigenvalue weighted by molar-refractivity contribution is 1.40. The summed E-state index contributed by atoms with van der Waals surface area (Å²) in [5.41, 5.74) is 10.3. The number of benzene rings is 6. The van der Waals surface area contributed by atoms with Crippen molar-refractivity contribution >= 4 is 76.2 Å². The third-order valence-corrected chi connectivity index (χ3v) is 9.31. The minimum absolute atomic E-state index is 0.920. The van der Waals surface area contributed by atoms with Gasteiger partial charge in [-0.1, -0.05) is 109 Å². The lowest BCUT2D eigenvalue weighted by atomic mass is 9.87. The molecule has 0 spiro atoms. The molecule has 0 radical (unpaired) electrons. The Hall–Kier alpha value is -6.26. The van der Waals surface area contributed by atoms with Gasteiger partial charge < -0.3 is 0 Å². The summed E-state index contributed by atoms with van der Waals surface area (Å²) in [5.74, 6) is 0. The maximum atomic E-state index is 5.16. The SMILES string of the molecule is c1cnc2c(c1)ccc1c(-c3ccc(-c4c5ccccc5nc5c4ccc4cccnc45)c4ccccc34)c3ccccc3nc12. The van der Waals surface area contributed by atoms with E-state index in [4.69, 9.17) is 19.9 Å². The van der Waals surface area contributed by atoms with Crippen LogP contribution in [0.1, 0.15) is 0 Å². The molecule has 0 saturated heterocycles. The van der Waals surface area contributed by atoms with Crippen LogP contribution in [-0.2, 0) is 0 Å². The van der Waals surface area contributed by atoms with Gasteiger partial charge in [-0.3, -0.25) is 9.97 Å². The van der Waals surface area contributed by atoms with E-state index in [2.05, 4.69) is 121 Å². The Labute approximate surface area is 263 Å². The van der Waals surface area contributed by atoms with Crippen molar-refractivity contribution in [1.82, 2.24) is 19.9 Å². The summed E-state index contributed by atoms with van der Waals surface area (Å²) in [6.07, 6.45) is 3.70. The highest BCUT2D eigenvalue weighted by atomic mass is 14.8. The molecule has 0 bridgehead atoms. The van der Waals surface area contributed by atoms with E-state index in [1.807, 2.05) is 24.5 Å². The fraction of sp³-hybridized carbons (Fsp3) is 0. The molecule has 0 N–H and O–H groups in total. The molecule has 4 heterocycles. The van der Waals surface area contributed by atoms with Crippen molar-refractivity contribution in [3.8, 4) is 22.3 Å². The van der Waals surface area contributed by atoms with E-state index in [-0.39, 0.29) is 0 Å². The summed E-state index contributed by atoms with van der Waals surface area (Å²) < 4.78 is 0. The second kappa shape index (κ2) is 9.62. The number of pyridine rings is 4. The molecule has 46 heavy (non-hydrogen) atoms. The molecular weight excluding hydrogens is 560 g/mol. The van der Waals surface area contributed by atoms with Gasteiger partial charge in [0.25, 0.3) is 0 Å². The zero-order valence-electron chi connectivity index (χ0n) is 24.6. The van der Waals surface area contributed by atoms with E-state index >= 15 is 0 Å². The number of aromatic nitrogens is 4. The lowest BCUT2D eigenvalue weighted by Gasteiger charge is -2.18. The van der Waals surface area contributed by atoms with Crippen LogP contribution in [0.3, 0.4) is 0 Å². The average molecular weight is 585 g/mol. The fourth-order valence-corrected chi connectivity index (χ4v) is 7.30. The smallest absolute Gasteiger partial charge is 0.0978 e. The van der Waals surface area contributed by atoms with Crippen LogP contribution in [-0.4, -0.2) is 19.9 Å². The Bertz CT molecular complexity index is 2680. The van der Waals surface area contributed by atoms with Gasteiger partial charge in [-0.05, 0) is 46.2 Å². The minimum Gasteiger partial charge on any atom is -0.254 e. The quantitative estimate of drug-likeness (QED) is 0.150. The molecular formula is C42H24N4. The zero-order valence-corrected chi connectivity index (χ0v) is 24.6. The molecule has 10 rings (SSSR count). The van der Waals surface area contributed by atoms with Gasteiger partial charge in [-0.15, -0.1) is 0 Å². The van der Waals surface area contributed by atoms with Gasteiger partial charge in [-0.25, -0.2) is 9.97 Å². The predicted octanol–water partition coefficient (Wildman–Crippen LogP) is 10.7. The first-order chi connectivity index (χ1) is 22.8. The van der Waals surface area contributed by atoms with Crippen LogP contribution >= 0.6 is 0 Å². The van der Waals surface area contributed by atoms with Gasteiger partial charge in [-0.2, -0.15) is 0 Å². The molecule has 6 aromatic carbocycles. The van der Waals surface area contributed by atoms with E-state index < -0.39 is 0 Å². The molecule has 0 aliphatic heterocycles.